The molecule has 1 N–H and O–H groups in total. The second kappa shape index (κ2) is 4.93. The largest absolute Gasteiger partial charge is 0.377 e. The molecule has 16 heavy (non-hydrogen) atoms. The summed E-state index contributed by atoms with van der Waals surface area (Å²) in [4.78, 5) is 0. The molecule has 1 aromatic carbocycles. The Morgan fingerprint density at radius 2 is 2.31 bits per heavy atom. The SMILES string of the molecule is CC1OCCC1N[C@@H](C)c1cccc(F)c1. The molecule has 1 heterocycles. The lowest BCUT2D eigenvalue weighted by Gasteiger charge is -2.22. The molecule has 0 bridgehead atoms. The van der Waals surface area contributed by atoms with Crippen molar-refractivity contribution in [2.75, 3.05) is 6.61 Å². The third kappa shape index (κ3) is 2.60. The molecule has 1 aromatic rings. The van der Waals surface area contributed by atoms with E-state index in [9.17, 15) is 4.39 Å². The summed E-state index contributed by atoms with van der Waals surface area (Å²) in [7, 11) is 0. The number of nitrogens with one attached hydrogen (secondary N) is 1. The summed E-state index contributed by atoms with van der Waals surface area (Å²) in [5, 5.41) is 3.48. The van der Waals surface area contributed by atoms with E-state index in [1.165, 1.54) is 6.07 Å². The third-order valence-electron chi connectivity index (χ3n) is 3.19. The molecule has 2 unspecified atom stereocenters. The highest BCUT2D eigenvalue weighted by Gasteiger charge is 2.25. The van der Waals surface area contributed by atoms with Gasteiger partial charge in [0.1, 0.15) is 5.82 Å². The van der Waals surface area contributed by atoms with Gasteiger partial charge in [0.25, 0.3) is 0 Å². The molecule has 3 heteroatoms. The van der Waals surface area contributed by atoms with Gasteiger partial charge in [-0.25, -0.2) is 4.39 Å². The summed E-state index contributed by atoms with van der Waals surface area (Å²) >= 11 is 0. The van der Waals surface area contributed by atoms with Crippen LogP contribution >= 0.6 is 0 Å². The van der Waals surface area contributed by atoms with Gasteiger partial charge in [0.15, 0.2) is 0 Å². The fraction of sp³-hybridized carbons (Fsp3) is 0.538. The fourth-order valence-corrected chi connectivity index (χ4v) is 2.14. The van der Waals surface area contributed by atoms with Gasteiger partial charge in [-0.05, 0) is 38.0 Å². The zero-order valence-electron chi connectivity index (χ0n) is 9.74. The first-order valence-electron chi connectivity index (χ1n) is 5.80. The van der Waals surface area contributed by atoms with Gasteiger partial charge >= 0.3 is 0 Å². The molecule has 1 aliphatic heterocycles. The van der Waals surface area contributed by atoms with Crippen LogP contribution in [0.4, 0.5) is 4.39 Å². The Labute approximate surface area is 95.8 Å². The molecular formula is C13H18FNO. The quantitative estimate of drug-likeness (QED) is 0.850. The van der Waals surface area contributed by atoms with Gasteiger partial charge in [-0.1, -0.05) is 12.1 Å². The fourth-order valence-electron chi connectivity index (χ4n) is 2.14. The van der Waals surface area contributed by atoms with Crippen LogP contribution in [0.15, 0.2) is 24.3 Å². The van der Waals surface area contributed by atoms with Crippen LogP contribution in [-0.2, 0) is 4.74 Å². The highest BCUT2D eigenvalue weighted by molar-refractivity contribution is 5.19. The number of ether oxygens (including phenoxy) is 1. The van der Waals surface area contributed by atoms with E-state index >= 15 is 0 Å². The van der Waals surface area contributed by atoms with E-state index in [1.54, 1.807) is 12.1 Å². The number of rotatable bonds is 3. The molecule has 1 saturated heterocycles. The summed E-state index contributed by atoms with van der Waals surface area (Å²) in [6.45, 7) is 4.94. The number of hydrogen-bond acceptors (Lipinski definition) is 2. The normalized spacial score (nSPS) is 26.9. The van der Waals surface area contributed by atoms with Gasteiger partial charge in [-0.15, -0.1) is 0 Å². The molecule has 1 fully saturated rings. The lowest BCUT2D eigenvalue weighted by molar-refractivity contribution is 0.111. The maximum atomic E-state index is 13.1. The van der Waals surface area contributed by atoms with Crippen LogP contribution in [0.5, 0.6) is 0 Å². The summed E-state index contributed by atoms with van der Waals surface area (Å²) in [5.41, 5.74) is 0.985. The molecule has 0 radical (unpaired) electrons. The maximum Gasteiger partial charge on any atom is 0.123 e. The first-order valence-corrected chi connectivity index (χ1v) is 5.80. The molecule has 0 spiro atoms. The second-order valence-electron chi connectivity index (χ2n) is 4.41. The maximum absolute atomic E-state index is 13.1. The Hall–Kier alpha value is -0.930. The number of hydrogen-bond donors (Lipinski definition) is 1. The second-order valence-corrected chi connectivity index (χ2v) is 4.41. The van der Waals surface area contributed by atoms with E-state index in [2.05, 4.69) is 19.2 Å². The van der Waals surface area contributed by atoms with Crippen LogP contribution in [0.1, 0.15) is 31.9 Å². The van der Waals surface area contributed by atoms with Crippen molar-refractivity contribution in [3.63, 3.8) is 0 Å². The van der Waals surface area contributed by atoms with Crippen LogP contribution in [0, 0.1) is 5.82 Å². The first kappa shape index (κ1) is 11.6. The van der Waals surface area contributed by atoms with Crippen molar-refractivity contribution in [1.29, 1.82) is 0 Å². The van der Waals surface area contributed by atoms with Gasteiger partial charge < -0.3 is 10.1 Å². The molecule has 1 aliphatic rings. The van der Waals surface area contributed by atoms with Crippen molar-refractivity contribution in [3.05, 3.63) is 35.6 Å². The number of halogens is 1. The van der Waals surface area contributed by atoms with Crippen LogP contribution in [-0.4, -0.2) is 18.8 Å². The first-order chi connectivity index (χ1) is 7.66. The molecule has 0 saturated carbocycles. The van der Waals surface area contributed by atoms with Gasteiger partial charge in [0.05, 0.1) is 6.10 Å². The Bertz CT molecular complexity index is 356. The standard InChI is InChI=1S/C13H18FNO/c1-9(11-4-3-5-12(14)8-11)15-13-6-7-16-10(13)2/h3-5,8-10,13,15H,6-7H2,1-2H3/t9-,10?,13?/m0/s1. The molecular weight excluding hydrogens is 205 g/mol. The molecule has 2 nitrogen and oxygen atoms in total. The highest BCUT2D eigenvalue weighted by Crippen LogP contribution is 2.19. The summed E-state index contributed by atoms with van der Waals surface area (Å²) < 4.78 is 18.6. The third-order valence-corrected chi connectivity index (χ3v) is 3.19. The molecule has 3 atom stereocenters. The minimum absolute atomic E-state index is 0.157. The van der Waals surface area contributed by atoms with Gasteiger partial charge in [-0.3, -0.25) is 0 Å². The lowest BCUT2D eigenvalue weighted by Crippen LogP contribution is -2.36. The predicted molar refractivity (Wildman–Crippen MR) is 61.8 cm³/mol. The molecule has 0 amide bonds. The highest BCUT2D eigenvalue weighted by atomic mass is 19.1. The molecule has 0 aromatic heterocycles. The van der Waals surface area contributed by atoms with E-state index in [4.69, 9.17) is 4.74 Å². The van der Waals surface area contributed by atoms with Crippen LogP contribution in [0.3, 0.4) is 0 Å². The predicted octanol–water partition coefficient (Wildman–Crippen LogP) is 2.65. The van der Waals surface area contributed by atoms with E-state index < -0.39 is 0 Å². The molecule has 2 rings (SSSR count). The average Bonchev–Trinajstić information content (AvgIpc) is 2.64. The van der Waals surface area contributed by atoms with Crippen molar-refractivity contribution < 1.29 is 9.13 Å². The molecule has 0 aliphatic carbocycles. The van der Waals surface area contributed by atoms with E-state index in [0.717, 1.165) is 18.6 Å². The topological polar surface area (TPSA) is 21.3 Å². The summed E-state index contributed by atoms with van der Waals surface area (Å²) in [6, 6.07) is 7.28. The number of benzene rings is 1. The van der Waals surface area contributed by atoms with Gasteiger partial charge in [0.2, 0.25) is 0 Å². The monoisotopic (exact) mass is 223 g/mol. The molecule has 88 valence electrons. The Balaban J connectivity index is 1.99. The van der Waals surface area contributed by atoms with Crippen molar-refractivity contribution in [1.82, 2.24) is 5.32 Å². The summed E-state index contributed by atoms with van der Waals surface area (Å²) in [6.07, 6.45) is 1.27. The van der Waals surface area contributed by atoms with E-state index in [0.29, 0.717) is 6.04 Å². The zero-order chi connectivity index (χ0) is 11.5. The zero-order valence-corrected chi connectivity index (χ0v) is 9.74. The minimum atomic E-state index is -0.179. The van der Waals surface area contributed by atoms with Crippen molar-refractivity contribution in [2.45, 2.75) is 38.5 Å². The minimum Gasteiger partial charge on any atom is -0.377 e. The van der Waals surface area contributed by atoms with Gasteiger partial charge in [-0.2, -0.15) is 0 Å². The Morgan fingerprint density at radius 3 is 2.94 bits per heavy atom. The smallest absolute Gasteiger partial charge is 0.123 e. The average molecular weight is 223 g/mol. The van der Waals surface area contributed by atoms with Crippen molar-refractivity contribution >= 4 is 0 Å². The van der Waals surface area contributed by atoms with Crippen molar-refractivity contribution in [3.8, 4) is 0 Å². The van der Waals surface area contributed by atoms with E-state index in [1.807, 2.05) is 6.07 Å². The Morgan fingerprint density at radius 1 is 1.50 bits per heavy atom. The van der Waals surface area contributed by atoms with Crippen LogP contribution in [0.2, 0.25) is 0 Å². The van der Waals surface area contributed by atoms with Crippen LogP contribution < -0.4 is 5.32 Å². The van der Waals surface area contributed by atoms with Gasteiger partial charge in [0, 0.05) is 18.7 Å². The summed E-state index contributed by atoms with van der Waals surface area (Å²) in [5.74, 6) is -0.179. The lowest BCUT2D eigenvalue weighted by atomic mass is 10.1. The van der Waals surface area contributed by atoms with Crippen molar-refractivity contribution in [2.24, 2.45) is 0 Å². The Kier molecular flexibility index (Phi) is 3.56. The van der Waals surface area contributed by atoms with Crippen LogP contribution in [0.25, 0.3) is 0 Å². The van der Waals surface area contributed by atoms with E-state index in [-0.39, 0.29) is 18.0 Å².